The summed E-state index contributed by atoms with van der Waals surface area (Å²) < 4.78 is 50.5. The summed E-state index contributed by atoms with van der Waals surface area (Å²) in [6.45, 7) is 0.352. The molecule has 0 unspecified atom stereocenters. The van der Waals surface area contributed by atoms with E-state index in [2.05, 4.69) is 4.74 Å². The van der Waals surface area contributed by atoms with E-state index in [4.69, 9.17) is 32.7 Å². The lowest BCUT2D eigenvalue weighted by Crippen LogP contribution is -2.17. The minimum atomic E-state index is -4.79. The van der Waals surface area contributed by atoms with Crippen LogP contribution >= 0.6 is 23.2 Å². The average Bonchev–Trinajstić information content (AvgIpc) is 2.58. The highest BCUT2D eigenvalue weighted by atomic mass is 35.5. The smallest absolute Gasteiger partial charge is 0.508 e. The van der Waals surface area contributed by atoms with Gasteiger partial charge in [-0.1, -0.05) is 23.2 Å². The molecule has 2 aromatic rings. The molecular formula is C18H15Cl2F3O5. The summed E-state index contributed by atoms with van der Waals surface area (Å²) >= 11 is 11.8. The van der Waals surface area contributed by atoms with Gasteiger partial charge in [-0.3, -0.25) is 0 Å². The number of rotatable bonds is 8. The summed E-state index contributed by atoms with van der Waals surface area (Å²) in [5.41, 5.74) is 0.105. The molecule has 0 fully saturated rings. The zero-order valence-electron chi connectivity index (χ0n) is 14.3. The molecule has 0 heterocycles. The molecule has 0 atom stereocenters. The highest BCUT2D eigenvalue weighted by Crippen LogP contribution is 2.36. The Morgan fingerprint density at radius 1 is 1.00 bits per heavy atom. The third-order valence-electron chi connectivity index (χ3n) is 3.32. The zero-order valence-corrected chi connectivity index (χ0v) is 15.8. The van der Waals surface area contributed by atoms with Gasteiger partial charge in [-0.2, -0.15) is 0 Å². The van der Waals surface area contributed by atoms with Crippen LogP contribution in [-0.4, -0.2) is 30.7 Å². The zero-order chi connectivity index (χ0) is 20.7. The van der Waals surface area contributed by atoms with Gasteiger partial charge in [0.15, 0.2) is 5.75 Å². The Labute approximate surface area is 168 Å². The molecule has 152 valence electrons. The minimum Gasteiger partial charge on any atom is -0.508 e. The molecule has 0 spiro atoms. The first kappa shape index (κ1) is 22.0. The van der Waals surface area contributed by atoms with E-state index in [1.54, 1.807) is 0 Å². The van der Waals surface area contributed by atoms with E-state index in [0.717, 1.165) is 12.1 Å². The fourth-order valence-corrected chi connectivity index (χ4v) is 2.69. The van der Waals surface area contributed by atoms with E-state index in [1.165, 1.54) is 24.3 Å². The Bertz CT molecular complexity index is 787. The van der Waals surface area contributed by atoms with Crippen molar-refractivity contribution in [2.45, 2.75) is 19.2 Å². The fourth-order valence-electron chi connectivity index (χ4n) is 2.10. The summed E-state index contributed by atoms with van der Waals surface area (Å²) in [6.07, 6.45) is -3.79. The number of esters is 1. The lowest BCUT2D eigenvalue weighted by atomic mass is 10.2. The van der Waals surface area contributed by atoms with Crippen LogP contribution in [0.2, 0.25) is 10.0 Å². The number of carbonyl (C=O) groups is 1. The first-order valence-electron chi connectivity index (χ1n) is 7.99. The van der Waals surface area contributed by atoms with Crippen LogP contribution in [0.5, 0.6) is 17.2 Å². The molecule has 10 heteroatoms. The standard InChI is InChI=1S/C18H15Cl2F3O5/c19-14-9-12(24)10-15(20)16(14)26-7-1-2-8-27-17(25)11-3-5-13(6-4-11)28-18(21,22)23/h3-6,9-10,24H,1-2,7-8H2. The highest BCUT2D eigenvalue weighted by molar-refractivity contribution is 6.37. The lowest BCUT2D eigenvalue weighted by molar-refractivity contribution is -0.274. The molecule has 0 saturated carbocycles. The predicted molar refractivity (Wildman–Crippen MR) is 96.3 cm³/mol. The number of carbonyl (C=O) groups excluding carboxylic acids is 1. The number of halogens is 5. The lowest BCUT2D eigenvalue weighted by Gasteiger charge is -2.11. The number of unbranched alkanes of at least 4 members (excludes halogenated alkanes) is 1. The third kappa shape index (κ3) is 7.01. The van der Waals surface area contributed by atoms with Gasteiger partial charge >= 0.3 is 12.3 Å². The van der Waals surface area contributed by atoms with E-state index >= 15 is 0 Å². The molecule has 0 radical (unpaired) electrons. The largest absolute Gasteiger partial charge is 0.573 e. The Balaban J connectivity index is 1.70. The Morgan fingerprint density at radius 2 is 1.57 bits per heavy atom. The number of ether oxygens (including phenoxy) is 3. The molecule has 5 nitrogen and oxygen atoms in total. The van der Waals surface area contributed by atoms with Crippen molar-refractivity contribution in [1.29, 1.82) is 0 Å². The maximum atomic E-state index is 12.1. The van der Waals surface area contributed by atoms with Gasteiger partial charge in [0.1, 0.15) is 11.5 Å². The minimum absolute atomic E-state index is 0.0766. The molecule has 0 saturated heterocycles. The first-order chi connectivity index (χ1) is 13.2. The van der Waals surface area contributed by atoms with Gasteiger partial charge in [-0.05, 0) is 37.1 Å². The molecule has 2 aromatic carbocycles. The number of benzene rings is 2. The van der Waals surface area contributed by atoms with Gasteiger partial charge in [0, 0.05) is 12.1 Å². The quantitative estimate of drug-likeness (QED) is 0.428. The van der Waals surface area contributed by atoms with Crippen LogP contribution in [0, 0.1) is 0 Å². The Kier molecular flexibility index (Phi) is 7.65. The second kappa shape index (κ2) is 9.75. The average molecular weight is 439 g/mol. The molecular weight excluding hydrogens is 424 g/mol. The Morgan fingerprint density at radius 3 is 2.14 bits per heavy atom. The van der Waals surface area contributed by atoms with Gasteiger partial charge in [0.25, 0.3) is 0 Å². The van der Waals surface area contributed by atoms with Gasteiger partial charge in [-0.25, -0.2) is 4.79 Å². The molecule has 0 bridgehead atoms. The van der Waals surface area contributed by atoms with Crippen molar-refractivity contribution in [1.82, 2.24) is 0 Å². The normalized spacial score (nSPS) is 11.2. The van der Waals surface area contributed by atoms with Crippen LogP contribution in [0.15, 0.2) is 36.4 Å². The van der Waals surface area contributed by atoms with E-state index in [1.807, 2.05) is 0 Å². The van der Waals surface area contributed by atoms with Gasteiger partial charge < -0.3 is 19.3 Å². The monoisotopic (exact) mass is 438 g/mol. The SMILES string of the molecule is O=C(OCCCCOc1c(Cl)cc(O)cc1Cl)c1ccc(OC(F)(F)F)cc1. The second-order valence-corrected chi connectivity index (χ2v) is 6.32. The molecule has 0 aliphatic carbocycles. The summed E-state index contributed by atoms with van der Waals surface area (Å²) in [7, 11) is 0. The summed E-state index contributed by atoms with van der Waals surface area (Å²) in [5, 5.41) is 9.69. The highest BCUT2D eigenvalue weighted by Gasteiger charge is 2.31. The molecule has 1 N–H and O–H groups in total. The summed E-state index contributed by atoms with van der Waals surface area (Å²) in [6, 6.07) is 7.03. The number of phenols is 1. The van der Waals surface area contributed by atoms with Crippen molar-refractivity contribution >= 4 is 29.2 Å². The van der Waals surface area contributed by atoms with Crippen molar-refractivity contribution < 1.29 is 37.3 Å². The fraction of sp³-hybridized carbons (Fsp3) is 0.278. The molecule has 0 aliphatic rings. The van der Waals surface area contributed by atoms with Crippen molar-refractivity contribution in [3.8, 4) is 17.2 Å². The number of aromatic hydroxyl groups is 1. The van der Waals surface area contributed by atoms with E-state index in [0.29, 0.717) is 12.8 Å². The van der Waals surface area contributed by atoms with Crippen LogP contribution in [0.4, 0.5) is 13.2 Å². The van der Waals surface area contributed by atoms with Gasteiger partial charge in [0.05, 0.1) is 28.8 Å². The van der Waals surface area contributed by atoms with Crippen LogP contribution in [-0.2, 0) is 4.74 Å². The second-order valence-electron chi connectivity index (χ2n) is 5.50. The van der Waals surface area contributed by atoms with Crippen LogP contribution in [0.3, 0.4) is 0 Å². The molecule has 28 heavy (non-hydrogen) atoms. The number of hydrogen-bond acceptors (Lipinski definition) is 5. The number of phenolic OH excluding ortho intramolecular Hbond substituents is 1. The molecule has 2 rings (SSSR count). The van der Waals surface area contributed by atoms with Gasteiger partial charge in [0.2, 0.25) is 0 Å². The maximum Gasteiger partial charge on any atom is 0.573 e. The van der Waals surface area contributed by atoms with Crippen LogP contribution in [0.1, 0.15) is 23.2 Å². The van der Waals surface area contributed by atoms with E-state index in [9.17, 15) is 23.1 Å². The number of hydrogen-bond donors (Lipinski definition) is 1. The van der Waals surface area contributed by atoms with Crippen molar-refractivity contribution in [3.05, 3.63) is 52.0 Å². The summed E-state index contributed by atoms with van der Waals surface area (Å²) in [4.78, 5) is 11.8. The maximum absolute atomic E-state index is 12.1. The Hall–Kier alpha value is -2.32. The third-order valence-corrected chi connectivity index (χ3v) is 3.89. The predicted octanol–water partition coefficient (Wildman–Crippen LogP) is 5.61. The van der Waals surface area contributed by atoms with Crippen LogP contribution in [0.25, 0.3) is 0 Å². The summed E-state index contributed by atoms with van der Waals surface area (Å²) in [5.74, 6) is -0.914. The van der Waals surface area contributed by atoms with Crippen molar-refractivity contribution in [3.63, 3.8) is 0 Å². The topological polar surface area (TPSA) is 65.0 Å². The van der Waals surface area contributed by atoms with Crippen molar-refractivity contribution in [2.24, 2.45) is 0 Å². The van der Waals surface area contributed by atoms with Crippen molar-refractivity contribution in [2.75, 3.05) is 13.2 Å². The molecule has 0 aromatic heterocycles. The van der Waals surface area contributed by atoms with Crippen LogP contribution < -0.4 is 9.47 Å². The van der Waals surface area contributed by atoms with Gasteiger partial charge in [-0.15, -0.1) is 13.2 Å². The van der Waals surface area contributed by atoms with E-state index in [-0.39, 0.29) is 40.3 Å². The first-order valence-corrected chi connectivity index (χ1v) is 8.75. The number of alkyl halides is 3. The molecule has 0 amide bonds. The van der Waals surface area contributed by atoms with E-state index < -0.39 is 18.1 Å². The molecule has 0 aliphatic heterocycles.